The van der Waals surface area contributed by atoms with E-state index in [1.54, 1.807) is 6.92 Å². The van der Waals surface area contributed by atoms with Crippen LogP contribution in [0.3, 0.4) is 0 Å². The fraction of sp³-hybridized carbons (Fsp3) is 0.857. The molecule has 0 aromatic carbocycles. The van der Waals surface area contributed by atoms with Gasteiger partial charge >= 0.3 is 5.97 Å². The van der Waals surface area contributed by atoms with Crippen LogP contribution in [0.15, 0.2) is 0 Å². The van der Waals surface area contributed by atoms with Crippen LogP contribution in [0.1, 0.15) is 52.9 Å². The summed E-state index contributed by atoms with van der Waals surface area (Å²) < 4.78 is 5.10. The second kappa shape index (κ2) is 4.56. The van der Waals surface area contributed by atoms with Gasteiger partial charge in [0.1, 0.15) is 6.04 Å². The van der Waals surface area contributed by atoms with Crippen LogP contribution in [0.5, 0.6) is 0 Å². The molecule has 2 fully saturated rings. The van der Waals surface area contributed by atoms with Crippen LogP contribution in [0, 0.1) is 10.8 Å². The monoisotopic (exact) mass is 253 g/mol. The first-order valence-corrected chi connectivity index (χ1v) is 6.85. The summed E-state index contributed by atoms with van der Waals surface area (Å²) in [5.41, 5.74) is 0.134. The van der Waals surface area contributed by atoms with E-state index in [0.29, 0.717) is 18.4 Å². The van der Waals surface area contributed by atoms with Crippen molar-refractivity contribution < 1.29 is 14.3 Å². The maximum Gasteiger partial charge on any atom is 0.329 e. The molecule has 2 rings (SSSR count). The molecule has 1 amide bonds. The quantitative estimate of drug-likeness (QED) is 0.766. The SMILES string of the molecule is CCOC(=O)C1NC(=O)CC12CCC(C)(C)CC2. The lowest BCUT2D eigenvalue weighted by atomic mass is 9.62. The number of hydrogen-bond acceptors (Lipinski definition) is 3. The number of hydrogen-bond donors (Lipinski definition) is 1. The Labute approximate surface area is 108 Å². The molecular weight excluding hydrogens is 230 g/mol. The van der Waals surface area contributed by atoms with E-state index in [4.69, 9.17) is 4.74 Å². The van der Waals surface area contributed by atoms with E-state index in [9.17, 15) is 9.59 Å². The molecule has 102 valence electrons. The van der Waals surface area contributed by atoms with Gasteiger partial charge in [0.15, 0.2) is 0 Å². The van der Waals surface area contributed by atoms with E-state index < -0.39 is 6.04 Å². The maximum absolute atomic E-state index is 12.0. The normalized spacial score (nSPS) is 29.1. The third kappa shape index (κ3) is 2.38. The van der Waals surface area contributed by atoms with Gasteiger partial charge < -0.3 is 10.1 Å². The van der Waals surface area contributed by atoms with Crippen LogP contribution in [0.4, 0.5) is 0 Å². The molecule has 0 radical (unpaired) electrons. The van der Waals surface area contributed by atoms with Gasteiger partial charge in [0.2, 0.25) is 5.91 Å². The molecule has 2 aliphatic rings. The minimum atomic E-state index is -0.430. The van der Waals surface area contributed by atoms with Crippen molar-refractivity contribution in [2.45, 2.75) is 58.9 Å². The third-order valence-electron chi connectivity index (χ3n) is 4.55. The van der Waals surface area contributed by atoms with Crippen molar-refractivity contribution in [3.05, 3.63) is 0 Å². The minimum Gasteiger partial charge on any atom is -0.464 e. The summed E-state index contributed by atoms with van der Waals surface area (Å²) in [5.74, 6) is -0.268. The molecule has 0 aromatic heterocycles. The van der Waals surface area contributed by atoms with Gasteiger partial charge in [-0.1, -0.05) is 13.8 Å². The number of carbonyl (C=O) groups excluding carboxylic acids is 2. The number of rotatable bonds is 2. The zero-order chi connectivity index (χ0) is 13.4. The fourth-order valence-corrected chi connectivity index (χ4v) is 3.21. The van der Waals surface area contributed by atoms with Crippen molar-refractivity contribution in [3.63, 3.8) is 0 Å². The van der Waals surface area contributed by atoms with E-state index in [1.807, 2.05) is 0 Å². The Morgan fingerprint density at radius 2 is 1.94 bits per heavy atom. The van der Waals surface area contributed by atoms with E-state index in [-0.39, 0.29) is 17.3 Å². The summed E-state index contributed by atoms with van der Waals surface area (Å²) in [4.78, 5) is 23.7. The van der Waals surface area contributed by atoms with E-state index in [2.05, 4.69) is 19.2 Å². The van der Waals surface area contributed by atoms with Gasteiger partial charge in [-0.25, -0.2) is 4.79 Å². The molecule has 1 unspecified atom stereocenters. The molecule has 1 spiro atoms. The van der Waals surface area contributed by atoms with Gasteiger partial charge in [-0.05, 0) is 38.0 Å². The molecule has 1 saturated carbocycles. The van der Waals surface area contributed by atoms with Crippen molar-refractivity contribution in [1.82, 2.24) is 5.32 Å². The zero-order valence-corrected chi connectivity index (χ0v) is 11.5. The molecule has 18 heavy (non-hydrogen) atoms. The van der Waals surface area contributed by atoms with Gasteiger partial charge in [-0.3, -0.25) is 4.79 Å². The van der Waals surface area contributed by atoms with Gasteiger partial charge in [0, 0.05) is 11.8 Å². The number of ether oxygens (including phenoxy) is 1. The van der Waals surface area contributed by atoms with Crippen molar-refractivity contribution >= 4 is 11.9 Å². The maximum atomic E-state index is 12.0. The highest BCUT2D eigenvalue weighted by Gasteiger charge is 2.53. The summed E-state index contributed by atoms with van der Waals surface area (Å²) in [6, 6.07) is -0.430. The van der Waals surface area contributed by atoms with E-state index in [0.717, 1.165) is 25.7 Å². The Kier molecular flexibility index (Phi) is 3.39. The molecule has 1 heterocycles. The molecule has 1 atom stereocenters. The lowest BCUT2D eigenvalue weighted by Gasteiger charge is -2.42. The average molecular weight is 253 g/mol. The van der Waals surface area contributed by atoms with Crippen molar-refractivity contribution in [3.8, 4) is 0 Å². The second-order valence-corrected chi connectivity index (χ2v) is 6.46. The molecular formula is C14H23NO3. The van der Waals surface area contributed by atoms with Crippen molar-refractivity contribution in [2.24, 2.45) is 10.8 Å². The Balaban J connectivity index is 2.14. The second-order valence-electron chi connectivity index (χ2n) is 6.46. The van der Waals surface area contributed by atoms with Crippen LogP contribution >= 0.6 is 0 Å². The summed E-state index contributed by atoms with van der Waals surface area (Å²) in [7, 11) is 0. The zero-order valence-electron chi connectivity index (χ0n) is 11.5. The lowest BCUT2D eigenvalue weighted by molar-refractivity contribution is -0.149. The van der Waals surface area contributed by atoms with Gasteiger partial charge in [0.05, 0.1) is 6.61 Å². The van der Waals surface area contributed by atoms with Gasteiger partial charge in [0.25, 0.3) is 0 Å². The first kappa shape index (κ1) is 13.4. The lowest BCUT2D eigenvalue weighted by Crippen LogP contribution is -2.47. The highest BCUT2D eigenvalue weighted by molar-refractivity contribution is 5.90. The van der Waals surface area contributed by atoms with Crippen LogP contribution in [0.2, 0.25) is 0 Å². The Morgan fingerprint density at radius 1 is 1.33 bits per heavy atom. The highest BCUT2D eigenvalue weighted by Crippen LogP contribution is 2.51. The van der Waals surface area contributed by atoms with Crippen LogP contribution in [0.25, 0.3) is 0 Å². The third-order valence-corrected chi connectivity index (χ3v) is 4.55. The Bertz CT molecular complexity index is 352. The number of amides is 1. The first-order chi connectivity index (χ1) is 8.38. The Hall–Kier alpha value is -1.06. The van der Waals surface area contributed by atoms with E-state index in [1.165, 1.54) is 0 Å². The molecule has 0 bridgehead atoms. The number of esters is 1. The molecule has 0 aromatic rings. The summed E-state index contributed by atoms with van der Waals surface area (Å²) in [6.45, 7) is 6.67. The Morgan fingerprint density at radius 3 is 2.50 bits per heavy atom. The number of carbonyl (C=O) groups is 2. The molecule has 1 N–H and O–H groups in total. The van der Waals surface area contributed by atoms with Gasteiger partial charge in [-0.2, -0.15) is 0 Å². The number of nitrogens with one attached hydrogen (secondary N) is 1. The standard InChI is InChI=1S/C14H23NO3/c1-4-18-12(17)11-14(9-10(16)15-11)7-5-13(2,3)6-8-14/h11H,4-9H2,1-3H3,(H,15,16). The summed E-state index contributed by atoms with van der Waals surface area (Å²) in [6.07, 6.45) is 4.48. The van der Waals surface area contributed by atoms with Crippen molar-refractivity contribution in [1.29, 1.82) is 0 Å². The summed E-state index contributed by atoms with van der Waals surface area (Å²) in [5, 5.41) is 2.81. The van der Waals surface area contributed by atoms with Crippen molar-refractivity contribution in [2.75, 3.05) is 6.61 Å². The summed E-state index contributed by atoms with van der Waals surface area (Å²) >= 11 is 0. The smallest absolute Gasteiger partial charge is 0.329 e. The minimum absolute atomic E-state index is 0.00670. The molecule has 4 heteroatoms. The topological polar surface area (TPSA) is 55.4 Å². The largest absolute Gasteiger partial charge is 0.464 e. The molecule has 1 saturated heterocycles. The highest BCUT2D eigenvalue weighted by atomic mass is 16.5. The van der Waals surface area contributed by atoms with E-state index >= 15 is 0 Å². The van der Waals surface area contributed by atoms with Crippen LogP contribution in [-0.4, -0.2) is 24.5 Å². The fourth-order valence-electron chi connectivity index (χ4n) is 3.21. The molecule has 4 nitrogen and oxygen atoms in total. The molecule has 1 aliphatic carbocycles. The van der Waals surface area contributed by atoms with Crippen LogP contribution in [-0.2, 0) is 14.3 Å². The predicted octanol–water partition coefficient (Wildman–Crippen LogP) is 2.02. The van der Waals surface area contributed by atoms with Gasteiger partial charge in [-0.15, -0.1) is 0 Å². The average Bonchev–Trinajstić information content (AvgIpc) is 2.61. The molecule has 1 aliphatic heterocycles. The predicted molar refractivity (Wildman–Crippen MR) is 67.9 cm³/mol. The van der Waals surface area contributed by atoms with Crippen LogP contribution < -0.4 is 5.32 Å². The first-order valence-electron chi connectivity index (χ1n) is 6.85.